The molecule has 3 saturated carbocycles. The van der Waals surface area contributed by atoms with Crippen molar-refractivity contribution in [3.05, 3.63) is 45.7 Å². The fraction of sp³-hybridized carbons (Fsp3) is 0.613. The number of hydrogen-bond acceptors (Lipinski definition) is 3. The van der Waals surface area contributed by atoms with Crippen molar-refractivity contribution >= 4 is 24.0 Å². The molecule has 0 unspecified atom stereocenters. The molecule has 2 aromatic rings. The average molecular weight is 543 g/mol. The highest BCUT2D eigenvalue weighted by atomic mass is 35.5. The molecule has 208 valence electrons. The van der Waals surface area contributed by atoms with Crippen LogP contribution < -0.4 is 5.32 Å². The van der Waals surface area contributed by atoms with Crippen LogP contribution in [0.25, 0.3) is 11.1 Å². The van der Waals surface area contributed by atoms with Gasteiger partial charge in [-0.2, -0.15) is 0 Å². The molecule has 1 aromatic heterocycles. The van der Waals surface area contributed by atoms with E-state index in [-0.39, 0.29) is 23.8 Å². The van der Waals surface area contributed by atoms with Crippen LogP contribution in [0, 0.1) is 11.8 Å². The smallest absolute Gasteiger partial charge is 0.290 e. The molecule has 1 aromatic carbocycles. The van der Waals surface area contributed by atoms with Crippen molar-refractivity contribution in [3.63, 3.8) is 0 Å². The predicted molar refractivity (Wildman–Crippen MR) is 152 cm³/mol. The molecule has 3 aliphatic rings. The molecule has 6 nitrogen and oxygen atoms in total. The lowest BCUT2D eigenvalue weighted by molar-refractivity contribution is -0.122. The number of amides is 1. The number of carbonyl (C=O) groups excluding carboxylic acids is 1. The second-order valence-corrected chi connectivity index (χ2v) is 12.8. The summed E-state index contributed by atoms with van der Waals surface area (Å²) in [7, 11) is 3.79. The number of rotatable bonds is 8. The Kier molecular flexibility index (Phi) is 8.34. The number of benzene rings is 1. The lowest BCUT2D eigenvalue weighted by Gasteiger charge is -2.33. The molecular formula is C31H43ClN2O4. The second-order valence-electron chi connectivity index (χ2n) is 12.5. The van der Waals surface area contributed by atoms with Gasteiger partial charge in [0.05, 0.1) is 10.6 Å². The number of ether oxygens (including phenoxy) is 1. The standard InChI is InChI=1S/C30H41ClN2O2.CH2O2/c1-18-12-19(13-18)14-24-25(26(31)27(33(24)5)28(34)32-23-8-7-9-23)20-15-21(29(2,3)35-6)17-22(16-20)30(4)10-11-30;2-1-3/h15-19,23H,7-14H2,1-6H3,(H,32,34);1H,(H,2,3). The van der Waals surface area contributed by atoms with Gasteiger partial charge in [-0.15, -0.1) is 0 Å². The predicted octanol–water partition coefficient (Wildman–Crippen LogP) is 6.85. The van der Waals surface area contributed by atoms with Gasteiger partial charge in [-0.05, 0) is 105 Å². The van der Waals surface area contributed by atoms with Crippen molar-refractivity contribution in [1.29, 1.82) is 0 Å². The fourth-order valence-corrected chi connectivity index (χ4v) is 6.29. The van der Waals surface area contributed by atoms with Crippen LogP contribution in [0.2, 0.25) is 5.02 Å². The highest BCUT2D eigenvalue weighted by molar-refractivity contribution is 6.36. The average Bonchev–Trinajstić information content (AvgIpc) is 3.53. The molecule has 1 heterocycles. The largest absolute Gasteiger partial charge is 0.483 e. The molecule has 0 aliphatic heterocycles. The summed E-state index contributed by atoms with van der Waals surface area (Å²) in [5.41, 5.74) is 6.24. The van der Waals surface area contributed by atoms with Gasteiger partial charge in [0.2, 0.25) is 0 Å². The van der Waals surface area contributed by atoms with Gasteiger partial charge in [-0.25, -0.2) is 0 Å². The normalized spacial score (nSPS) is 22.0. The summed E-state index contributed by atoms with van der Waals surface area (Å²) in [5, 5.41) is 10.7. The SMILES string of the molecule is COC(C)(C)c1cc(-c2c(Cl)c(C(=O)NC3CCC3)n(C)c2CC2CC(C)C2)cc(C2(C)CC2)c1.O=CO. The van der Waals surface area contributed by atoms with E-state index in [2.05, 4.69) is 55.8 Å². The number of nitrogens with zero attached hydrogens (tertiary/aromatic N) is 1. The Balaban J connectivity index is 0.00000107. The third-order valence-corrected chi connectivity index (χ3v) is 9.56. The number of carbonyl (C=O) groups is 2. The number of halogens is 1. The molecule has 0 saturated heterocycles. The van der Waals surface area contributed by atoms with Gasteiger partial charge in [-0.1, -0.05) is 37.6 Å². The van der Waals surface area contributed by atoms with E-state index in [1.54, 1.807) is 7.11 Å². The Morgan fingerprint density at radius 3 is 2.39 bits per heavy atom. The molecule has 2 N–H and O–H groups in total. The summed E-state index contributed by atoms with van der Waals surface area (Å²) in [5.74, 6) is 1.39. The van der Waals surface area contributed by atoms with E-state index < -0.39 is 5.60 Å². The van der Waals surface area contributed by atoms with Crippen LogP contribution >= 0.6 is 11.6 Å². The Hall–Kier alpha value is -2.31. The van der Waals surface area contributed by atoms with Crippen LogP contribution in [0.4, 0.5) is 0 Å². The fourth-order valence-electron chi connectivity index (χ4n) is 5.86. The minimum atomic E-state index is -0.411. The van der Waals surface area contributed by atoms with Crippen molar-refractivity contribution in [2.75, 3.05) is 7.11 Å². The van der Waals surface area contributed by atoms with Crippen LogP contribution in [-0.4, -0.2) is 35.2 Å². The van der Waals surface area contributed by atoms with E-state index >= 15 is 0 Å². The minimum absolute atomic E-state index is 0.0422. The number of methoxy groups -OCH3 is 1. The first kappa shape index (κ1) is 28.7. The quantitative estimate of drug-likeness (QED) is 0.357. The van der Waals surface area contributed by atoms with E-state index in [0.717, 1.165) is 41.9 Å². The van der Waals surface area contributed by atoms with E-state index in [1.165, 1.54) is 43.4 Å². The van der Waals surface area contributed by atoms with Gasteiger partial charge >= 0.3 is 0 Å². The molecule has 0 atom stereocenters. The van der Waals surface area contributed by atoms with Crippen LogP contribution in [0.15, 0.2) is 18.2 Å². The zero-order chi connectivity index (χ0) is 27.8. The van der Waals surface area contributed by atoms with Gasteiger partial charge in [-0.3, -0.25) is 9.59 Å². The van der Waals surface area contributed by atoms with Gasteiger partial charge in [0.1, 0.15) is 5.69 Å². The van der Waals surface area contributed by atoms with Crippen molar-refractivity contribution < 1.29 is 19.4 Å². The van der Waals surface area contributed by atoms with Crippen LogP contribution in [0.3, 0.4) is 0 Å². The van der Waals surface area contributed by atoms with Crippen molar-refractivity contribution in [2.24, 2.45) is 18.9 Å². The second kappa shape index (κ2) is 11.1. The minimum Gasteiger partial charge on any atom is -0.483 e. The topological polar surface area (TPSA) is 80.6 Å². The highest BCUT2D eigenvalue weighted by Crippen LogP contribution is 2.50. The van der Waals surface area contributed by atoms with Crippen LogP contribution in [0.1, 0.15) is 99.9 Å². The highest BCUT2D eigenvalue weighted by Gasteiger charge is 2.40. The van der Waals surface area contributed by atoms with Crippen molar-refractivity contribution in [1.82, 2.24) is 9.88 Å². The Labute approximate surface area is 232 Å². The van der Waals surface area contributed by atoms with Crippen molar-refractivity contribution in [2.45, 2.75) is 96.1 Å². The van der Waals surface area contributed by atoms with E-state index in [4.69, 9.17) is 26.2 Å². The molecule has 7 heteroatoms. The number of aromatic nitrogens is 1. The summed E-state index contributed by atoms with van der Waals surface area (Å²) in [6, 6.07) is 7.15. The first-order chi connectivity index (χ1) is 17.9. The Morgan fingerprint density at radius 1 is 1.26 bits per heavy atom. The zero-order valence-corrected chi connectivity index (χ0v) is 24.5. The maximum absolute atomic E-state index is 13.4. The lowest BCUT2D eigenvalue weighted by Crippen LogP contribution is -2.40. The number of hydrogen-bond donors (Lipinski definition) is 2. The molecule has 0 bridgehead atoms. The lowest BCUT2D eigenvalue weighted by atomic mass is 9.73. The molecule has 3 aliphatic carbocycles. The summed E-state index contributed by atoms with van der Waals surface area (Å²) >= 11 is 7.15. The molecule has 0 spiro atoms. The van der Waals surface area contributed by atoms with Gasteiger partial charge < -0.3 is 19.7 Å². The monoisotopic (exact) mass is 542 g/mol. The molecule has 3 fully saturated rings. The van der Waals surface area contributed by atoms with Crippen molar-refractivity contribution in [3.8, 4) is 11.1 Å². The van der Waals surface area contributed by atoms with E-state index in [9.17, 15) is 4.79 Å². The third kappa shape index (κ3) is 5.67. The van der Waals surface area contributed by atoms with E-state index in [0.29, 0.717) is 16.6 Å². The zero-order valence-electron chi connectivity index (χ0n) is 23.7. The first-order valence-corrected chi connectivity index (χ1v) is 14.3. The maximum atomic E-state index is 13.4. The van der Waals surface area contributed by atoms with Crippen LogP contribution in [0.5, 0.6) is 0 Å². The summed E-state index contributed by atoms with van der Waals surface area (Å²) in [4.78, 5) is 21.7. The Bertz CT molecular complexity index is 1190. The Morgan fingerprint density at radius 2 is 1.89 bits per heavy atom. The summed E-state index contributed by atoms with van der Waals surface area (Å²) in [6.07, 6.45) is 9.15. The first-order valence-electron chi connectivity index (χ1n) is 13.9. The van der Waals surface area contributed by atoms with Crippen LogP contribution in [-0.2, 0) is 34.0 Å². The summed E-state index contributed by atoms with van der Waals surface area (Å²) < 4.78 is 7.98. The molecular weight excluding hydrogens is 500 g/mol. The molecule has 0 radical (unpaired) electrons. The van der Waals surface area contributed by atoms with Gasteiger partial charge in [0.15, 0.2) is 0 Å². The summed E-state index contributed by atoms with van der Waals surface area (Å²) in [6.45, 7) is 8.65. The molecule has 5 rings (SSSR count). The molecule has 1 amide bonds. The third-order valence-electron chi connectivity index (χ3n) is 9.19. The van der Waals surface area contributed by atoms with Gasteiger partial charge in [0, 0.05) is 31.5 Å². The maximum Gasteiger partial charge on any atom is 0.290 e. The van der Waals surface area contributed by atoms with E-state index in [1.807, 2.05) is 7.05 Å². The number of carboxylic acid groups (broad SMARTS) is 1. The van der Waals surface area contributed by atoms with Gasteiger partial charge in [0.25, 0.3) is 12.4 Å². The molecule has 38 heavy (non-hydrogen) atoms. The number of nitrogens with one attached hydrogen (secondary N) is 1.